The number of para-hydroxylation sites is 1. The lowest BCUT2D eigenvalue weighted by atomic mass is 10.1. The van der Waals surface area contributed by atoms with Gasteiger partial charge in [-0.05, 0) is 42.3 Å². The summed E-state index contributed by atoms with van der Waals surface area (Å²) in [5.41, 5.74) is 3.50. The Morgan fingerprint density at radius 1 is 1.11 bits per heavy atom. The average Bonchev–Trinajstić information content (AvgIpc) is 3.25. The van der Waals surface area contributed by atoms with Crippen molar-refractivity contribution >= 4 is 34.8 Å². The second-order valence-corrected chi connectivity index (χ2v) is 6.99. The molecule has 4 rings (SSSR count). The first-order valence-corrected chi connectivity index (χ1v) is 9.10. The Kier molecular flexibility index (Phi) is 4.39. The van der Waals surface area contributed by atoms with Gasteiger partial charge in [-0.2, -0.15) is 0 Å². The highest BCUT2D eigenvalue weighted by atomic mass is 16.2. The molecule has 2 aromatic rings. The van der Waals surface area contributed by atoms with Crippen LogP contribution in [0.1, 0.15) is 18.9 Å². The number of carbonyl (C=O) groups excluding carboxylic acids is 3. The normalized spacial score (nSPS) is 18.6. The first kappa shape index (κ1) is 17.3. The highest BCUT2D eigenvalue weighted by Gasteiger charge is 2.35. The number of rotatable bonds is 3. The van der Waals surface area contributed by atoms with Crippen molar-refractivity contribution in [2.75, 3.05) is 28.2 Å². The number of hydrogen-bond acceptors (Lipinski definition) is 3. The van der Waals surface area contributed by atoms with Crippen molar-refractivity contribution in [1.29, 1.82) is 0 Å². The van der Waals surface area contributed by atoms with Crippen molar-refractivity contribution in [1.82, 2.24) is 0 Å². The van der Waals surface area contributed by atoms with Gasteiger partial charge in [0.25, 0.3) is 0 Å². The van der Waals surface area contributed by atoms with E-state index >= 15 is 0 Å². The number of nitrogens with zero attached hydrogens (tertiary/aromatic N) is 2. The Morgan fingerprint density at radius 3 is 2.63 bits per heavy atom. The molecule has 0 aliphatic carbocycles. The molecule has 1 atom stereocenters. The van der Waals surface area contributed by atoms with E-state index in [1.54, 1.807) is 16.7 Å². The monoisotopic (exact) mass is 363 g/mol. The van der Waals surface area contributed by atoms with Crippen LogP contribution in [-0.2, 0) is 20.8 Å². The molecule has 2 aliphatic heterocycles. The lowest BCUT2D eigenvalue weighted by Crippen LogP contribution is -2.28. The number of hydrogen-bond donors (Lipinski definition) is 1. The van der Waals surface area contributed by atoms with Crippen molar-refractivity contribution in [2.45, 2.75) is 19.8 Å². The van der Waals surface area contributed by atoms with Crippen molar-refractivity contribution in [3.8, 4) is 0 Å². The van der Waals surface area contributed by atoms with Crippen LogP contribution in [0.5, 0.6) is 0 Å². The molecule has 27 heavy (non-hydrogen) atoms. The Hall–Kier alpha value is -3.15. The Morgan fingerprint density at radius 2 is 1.89 bits per heavy atom. The lowest BCUT2D eigenvalue weighted by Gasteiger charge is -2.19. The van der Waals surface area contributed by atoms with E-state index in [-0.39, 0.29) is 30.1 Å². The lowest BCUT2D eigenvalue weighted by molar-refractivity contribution is -0.122. The molecule has 0 bridgehead atoms. The van der Waals surface area contributed by atoms with Gasteiger partial charge in [0, 0.05) is 43.5 Å². The van der Waals surface area contributed by atoms with Crippen LogP contribution in [0.15, 0.2) is 48.5 Å². The summed E-state index contributed by atoms with van der Waals surface area (Å²) in [6.07, 6.45) is 0.984. The molecule has 6 nitrogen and oxygen atoms in total. The third kappa shape index (κ3) is 3.30. The summed E-state index contributed by atoms with van der Waals surface area (Å²) in [7, 11) is 0. The third-order valence-corrected chi connectivity index (χ3v) is 5.19. The molecule has 1 N–H and O–H groups in total. The first-order chi connectivity index (χ1) is 13.0. The summed E-state index contributed by atoms with van der Waals surface area (Å²) >= 11 is 0. The fourth-order valence-electron chi connectivity index (χ4n) is 3.78. The molecule has 2 heterocycles. The standard InChI is InChI=1S/C21H21N3O3/c1-14(25)23-10-9-15-11-18(7-8-19(15)23)24-13-16(12-20(24)26)21(27)22-17-5-3-2-4-6-17/h2-8,11,16H,9-10,12-13H2,1H3,(H,22,27). The summed E-state index contributed by atoms with van der Waals surface area (Å²) in [4.78, 5) is 40.1. The summed E-state index contributed by atoms with van der Waals surface area (Å²) in [6, 6.07) is 15.0. The van der Waals surface area contributed by atoms with Crippen LogP contribution in [-0.4, -0.2) is 30.8 Å². The maximum absolute atomic E-state index is 12.5. The van der Waals surface area contributed by atoms with Gasteiger partial charge in [-0.25, -0.2) is 0 Å². The minimum atomic E-state index is -0.375. The molecule has 2 aromatic carbocycles. The molecule has 6 heteroatoms. The quantitative estimate of drug-likeness (QED) is 0.911. The molecule has 0 spiro atoms. The zero-order valence-electron chi connectivity index (χ0n) is 15.1. The third-order valence-electron chi connectivity index (χ3n) is 5.19. The van der Waals surface area contributed by atoms with Crippen LogP contribution in [0, 0.1) is 5.92 Å². The molecule has 0 radical (unpaired) electrons. The molecule has 3 amide bonds. The Balaban J connectivity index is 1.48. The van der Waals surface area contributed by atoms with Crippen molar-refractivity contribution in [2.24, 2.45) is 5.92 Å². The molecule has 1 fully saturated rings. The Labute approximate surface area is 157 Å². The number of carbonyl (C=O) groups is 3. The number of fused-ring (bicyclic) bond motifs is 1. The van der Waals surface area contributed by atoms with Crippen LogP contribution in [0.4, 0.5) is 17.1 Å². The fourth-order valence-corrected chi connectivity index (χ4v) is 3.78. The molecular weight excluding hydrogens is 342 g/mol. The number of amides is 3. The molecule has 2 aliphatic rings. The highest BCUT2D eigenvalue weighted by molar-refractivity contribution is 6.04. The van der Waals surface area contributed by atoms with Gasteiger partial charge < -0.3 is 15.1 Å². The minimum absolute atomic E-state index is 0.0244. The van der Waals surface area contributed by atoms with Crippen molar-refractivity contribution < 1.29 is 14.4 Å². The molecule has 1 saturated heterocycles. The van der Waals surface area contributed by atoms with Crippen molar-refractivity contribution in [3.63, 3.8) is 0 Å². The number of nitrogens with one attached hydrogen (secondary N) is 1. The van der Waals surface area contributed by atoms with E-state index in [4.69, 9.17) is 0 Å². The highest BCUT2D eigenvalue weighted by Crippen LogP contribution is 2.34. The first-order valence-electron chi connectivity index (χ1n) is 9.10. The smallest absolute Gasteiger partial charge is 0.229 e. The summed E-state index contributed by atoms with van der Waals surface area (Å²) in [5.74, 6) is -0.540. The van der Waals surface area contributed by atoms with Crippen LogP contribution < -0.4 is 15.1 Å². The SMILES string of the molecule is CC(=O)N1CCc2cc(N3CC(C(=O)Nc4ccccc4)CC3=O)ccc21. The summed E-state index contributed by atoms with van der Waals surface area (Å²) < 4.78 is 0. The fraction of sp³-hybridized carbons (Fsp3) is 0.286. The molecule has 1 unspecified atom stereocenters. The minimum Gasteiger partial charge on any atom is -0.326 e. The van der Waals surface area contributed by atoms with E-state index in [9.17, 15) is 14.4 Å². The molecular formula is C21H21N3O3. The van der Waals surface area contributed by atoms with E-state index in [0.717, 1.165) is 29.0 Å². The van der Waals surface area contributed by atoms with Crippen LogP contribution in [0.3, 0.4) is 0 Å². The molecule has 138 valence electrons. The topological polar surface area (TPSA) is 69.7 Å². The van der Waals surface area contributed by atoms with Gasteiger partial charge in [0.1, 0.15) is 0 Å². The van der Waals surface area contributed by atoms with Crippen LogP contribution in [0.2, 0.25) is 0 Å². The number of benzene rings is 2. The summed E-state index contributed by atoms with van der Waals surface area (Å²) in [5, 5.41) is 2.87. The Bertz CT molecular complexity index is 910. The summed E-state index contributed by atoms with van der Waals surface area (Å²) in [6.45, 7) is 2.60. The van der Waals surface area contributed by atoms with Gasteiger partial charge in [0.2, 0.25) is 17.7 Å². The van der Waals surface area contributed by atoms with Gasteiger partial charge >= 0.3 is 0 Å². The average molecular weight is 363 g/mol. The van der Waals surface area contributed by atoms with Crippen LogP contribution >= 0.6 is 0 Å². The van der Waals surface area contributed by atoms with Crippen molar-refractivity contribution in [3.05, 3.63) is 54.1 Å². The van der Waals surface area contributed by atoms with Gasteiger partial charge in [-0.3, -0.25) is 14.4 Å². The molecule has 0 saturated carbocycles. The van der Waals surface area contributed by atoms with E-state index in [2.05, 4.69) is 5.32 Å². The number of anilines is 3. The maximum atomic E-state index is 12.5. The second kappa shape index (κ2) is 6.87. The van der Waals surface area contributed by atoms with E-state index in [0.29, 0.717) is 13.1 Å². The van der Waals surface area contributed by atoms with Gasteiger partial charge in [-0.15, -0.1) is 0 Å². The van der Waals surface area contributed by atoms with E-state index < -0.39 is 0 Å². The molecule has 0 aromatic heterocycles. The largest absolute Gasteiger partial charge is 0.326 e. The predicted molar refractivity (Wildman–Crippen MR) is 104 cm³/mol. The van der Waals surface area contributed by atoms with Gasteiger partial charge in [0.15, 0.2) is 0 Å². The predicted octanol–water partition coefficient (Wildman–Crippen LogP) is 2.59. The maximum Gasteiger partial charge on any atom is 0.229 e. The van der Waals surface area contributed by atoms with Crippen LogP contribution in [0.25, 0.3) is 0 Å². The van der Waals surface area contributed by atoms with Gasteiger partial charge in [0.05, 0.1) is 5.92 Å². The van der Waals surface area contributed by atoms with Gasteiger partial charge in [-0.1, -0.05) is 18.2 Å². The zero-order chi connectivity index (χ0) is 19.0. The second-order valence-electron chi connectivity index (χ2n) is 6.99. The van der Waals surface area contributed by atoms with E-state index in [1.165, 1.54) is 0 Å². The zero-order valence-corrected chi connectivity index (χ0v) is 15.1. The van der Waals surface area contributed by atoms with E-state index in [1.807, 2.05) is 48.5 Å².